The number of aromatic nitrogens is 1. The molecule has 1 aromatic heterocycles. The zero-order chi connectivity index (χ0) is 10.0. The number of hydrogen-bond acceptors (Lipinski definition) is 4. The van der Waals surface area contributed by atoms with E-state index < -0.39 is 4.92 Å². The van der Waals surface area contributed by atoms with Crippen LogP contribution < -0.4 is 0 Å². The average molecular weight is 177 g/mol. The van der Waals surface area contributed by atoms with Crippen molar-refractivity contribution < 1.29 is 4.92 Å². The van der Waals surface area contributed by atoms with Crippen LogP contribution in [0.2, 0.25) is 0 Å². The van der Waals surface area contributed by atoms with Crippen LogP contribution in [-0.2, 0) is 0 Å². The highest BCUT2D eigenvalue weighted by atomic mass is 16.6. The Hall–Kier alpha value is -1.96. The van der Waals surface area contributed by atoms with Gasteiger partial charge in [0.2, 0.25) is 5.69 Å². The minimum atomic E-state index is -0.599. The molecule has 13 heavy (non-hydrogen) atoms. The summed E-state index contributed by atoms with van der Waals surface area (Å²) < 4.78 is 0. The highest BCUT2D eigenvalue weighted by molar-refractivity contribution is 5.46. The van der Waals surface area contributed by atoms with Gasteiger partial charge in [-0.1, -0.05) is 0 Å². The van der Waals surface area contributed by atoms with Crippen molar-refractivity contribution in [1.29, 1.82) is 5.26 Å². The molecular formula is C8H7N3O2. The third-order valence-corrected chi connectivity index (χ3v) is 1.75. The highest BCUT2D eigenvalue weighted by Crippen LogP contribution is 2.18. The van der Waals surface area contributed by atoms with Gasteiger partial charge in [-0.3, -0.25) is 10.1 Å². The molecule has 0 spiro atoms. The van der Waals surface area contributed by atoms with Gasteiger partial charge in [0, 0.05) is 11.8 Å². The third-order valence-electron chi connectivity index (χ3n) is 1.75. The first-order valence-corrected chi connectivity index (χ1v) is 3.59. The normalized spacial score (nSPS) is 9.31. The molecule has 66 valence electrons. The molecule has 5 heteroatoms. The van der Waals surface area contributed by atoms with Gasteiger partial charge in [0.15, 0.2) is 0 Å². The second-order valence-electron chi connectivity index (χ2n) is 2.63. The summed E-state index contributed by atoms with van der Waals surface area (Å²) in [6, 6.07) is 3.05. The fourth-order valence-electron chi connectivity index (χ4n) is 0.912. The Morgan fingerprint density at radius 1 is 1.62 bits per heavy atom. The SMILES string of the molecule is Cc1cc([N+](=O)[O-])c(C#N)nc1C. The lowest BCUT2D eigenvalue weighted by Gasteiger charge is -1.99. The van der Waals surface area contributed by atoms with Crippen molar-refractivity contribution in [1.82, 2.24) is 4.98 Å². The topological polar surface area (TPSA) is 79.8 Å². The monoisotopic (exact) mass is 177 g/mol. The maximum absolute atomic E-state index is 10.5. The summed E-state index contributed by atoms with van der Waals surface area (Å²) in [7, 11) is 0. The Labute approximate surface area is 74.8 Å². The van der Waals surface area contributed by atoms with Crippen LogP contribution in [0.25, 0.3) is 0 Å². The van der Waals surface area contributed by atoms with Gasteiger partial charge in [-0.15, -0.1) is 0 Å². The number of pyridine rings is 1. The zero-order valence-corrected chi connectivity index (χ0v) is 7.24. The zero-order valence-electron chi connectivity index (χ0n) is 7.24. The maximum atomic E-state index is 10.5. The molecule has 0 aliphatic heterocycles. The molecule has 0 saturated heterocycles. The van der Waals surface area contributed by atoms with Crippen LogP contribution in [0, 0.1) is 35.3 Å². The standard InChI is InChI=1S/C8H7N3O2/c1-5-3-8(11(12)13)7(4-9)10-6(5)2/h3H,1-2H3. The molecule has 0 radical (unpaired) electrons. The minimum absolute atomic E-state index is 0.131. The van der Waals surface area contributed by atoms with Gasteiger partial charge in [0.05, 0.1) is 4.92 Å². The van der Waals surface area contributed by atoms with E-state index >= 15 is 0 Å². The van der Waals surface area contributed by atoms with E-state index in [4.69, 9.17) is 5.26 Å². The minimum Gasteiger partial charge on any atom is -0.258 e. The van der Waals surface area contributed by atoms with Crippen molar-refractivity contribution in [2.45, 2.75) is 13.8 Å². The summed E-state index contributed by atoms with van der Waals surface area (Å²) >= 11 is 0. The predicted octanol–water partition coefficient (Wildman–Crippen LogP) is 1.48. The van der Waals surface area contributed by atoms with Crippen LogP contribution in [-0.4, -0.2) is 9.91 Å². The van der Waals surface area contributed by atoms with Crippen LogP contribution in [0.3, 0.4) is 0 Å². The smallest absolute Gasteiger partial charge is 0.258 e. The van der Waals surface area contributed by atoms with E-state index in [2.05, 4.69) is 4.98 Å². The van der Waals surface area contributed by atoms with Crippen LogP contribution in [0.4, 0.5) is 5.69 Å². The Balaban J connectivity index is 3.44. The lowest BCUT2D eigenvalue weighted by atomic mass is 10.2. The van der Waals surface area contributed by atoms with Gasteiger partial charge in [-0.2, -0.15) is 5.26 Å². The molecule has 0 aromatic carbocycles. The Morgan fingerprint density at radius 2 is 2.23 bits per heavy atom. The molecule has 0 unspecified atom stereocenters. The molecule has 0 aliphatic rings. The number of aryl methyl sites for hydroxylation is 2. The van der Waals surface area contributed by atoms with E-state index in [9.17, 15) is 10.1 Å². The maximum Gasteiger partial charge on any atom is 0.305 e. The Kier molecular flexibility index (Phi) is 2.24. The lowest BCUT2D eigenvalue weighted by molar-refractivity contribution is -0.385. The van der Waals surface area contributed by atoms with Gasteiger partial charge in [0.25, 0.3) is 0 Å². The Bertz CT molecular complexity index is 407. The summed E-state index contributed by atoms with van der Waals surface area (Å²) in [6.07, 6.45) is 0. The number of nitrogens with zero attached hydrogens (tertiary/aromatic N) is 3. The van der Waals surface area contributed by atoms with Gasteiger partial charge in [0.1, 0.15) is 6.07 Å². The van der Waals surface area contributed by atoms with Crippen LogP contribution in [0.15, 0.2) is 6.07 Å². The molecule has 0 amide bonds. The molecule has 0 fully saturated rings. The van der Waals surface area contributed by atoms with E-state index in [1.165, 1.54) is 6.07 Å². The van der Waals surface area contributed by atoms with Crippen LogP contribution in [0.1, 0.15) is 17.0 Å². The summed E-state index contributed by atoms with van der Waals surface area (Å²) in [6.45, 7) is 3.43. The highest BCUT2D eigenvalue weighted by Gasteiger charge is 2.16. The van der Waals surface area contributed by atoms with Crippen molar-refractivity contribution >= 4 is 5.69 Å². The summed E-state index contributed by atoms with van der Waals surface area (Å²) in [5.74, 6) is 0. The summed E-state index contributed by atoms with van der Waals surface area (Å²) in [5.41, 5.74) is 0.992. The van der Waals surface area contributed by atoms with Crippen LogP contribution >= 0.6 is 0 Å². The van der Waals surface area contributed by atoms with Crippen LogP contribution in [0.5, 0.6) is 0 Å². The Morgan fingerprint density at radius 3 is 2.69 bits per heavy atom. The van der Waals surface area contributed by atoms with Crippen molar-refractivity contribution in [3.8, 4) is 6.07 Å². The van der Waals surface area contributed by atoms with E-state index in [1.54, 1.807) is 19.9 Å². The first kappa shape index (κ1) is 9.13. The second-order valence-corrected chi connectivity index (χ2v) is 2.63. The molecule has 1 rings (SSSR count). The quantitative estimate of drug-likeness (QED) is 0.480. The summed E-state index contributed by atoms with van der Waals surface area (Å²) in [4.78, 5) is 13.7. The van der Waals surface area contributed by atoms with Gasteiger partial charge < -0.3 is 0 Å². The largest absolute Gasteiger partial charge is 0.305 e. The molecule has 0 bridgehead atoms. The van der Waals surface area contributed by atoms with E-state index in [0.717, 1.165) is 0 Å². The molecule has 1 aromatic rings. The van der Waals surface area contributed by atoms with Crippen molar-refractivity contribution in [2.24, 2.45) is 0 Å². The van der Waals surface area contributed by atoms with Crippen molar-refractivity contribution in [3.05, 3.63) is 33.1 Å². The first-order chi connectivity index (χ1) is 6.06. The molecule has 0 aliphatic carbocycles. The first-order valence-electron chi connectivity index (χ1n) is 3.59. The van der Waals surface area contributed by atoms with Crippen molar-refractivity contribution in [3.63, 3.8) is 0 Å². The van der Waals surface area contributed by atoms with Gasteiger partial charge in [-0.05, 0) is 19.4 Å². The number of rotatable bonds is 1. The fourth-order valence-corrected chi connectivity index (χ4v) is 0.912. The van der Waals surface area contributed by atoms with E-state index in [0.29, 0.717) is 11.3 Å². The molecule has 5 nitrogen and oxygen atoms in total. The third kappa shape index (κ3) is 1.62. The number of hydrogen-bond donors (Lipinski definition) is 0. The van der Waals surface area contributed by atoms with E-state index in [-0.39, 0.29) is 11.4 Å². The van der Waals surface area contributed by atoms with Gasteiger partial charge >= 0.3 is 5.69 Å². The number of nitro groups is 1. The number of nitriles is 1. The lowest BCUT2D eigenvalue weighted by Crippen LogP contribution is -1.98. The van der Waals surface area contributed by atoms with Crippen molar-refractivity contribution in [2.75, 3.05) is 0 Å². The molecule has 0 atom stereocenters. The summed E-state index contributed by atoms with van der Waals surface area (Å²) in [5, 5.41) is 19.0. The molecule has 0 N–H and O–H groups in total. The molecular weight excluding hydrogens is 170 g/mol. The second kappa shape index (κ2) is 3.19. The van der Waals surface area contributed by atoms with Gasteiger partial charge in [-0.25, -0.2) is 4.98 Å². The predicted molar refractivity (Wildman–Crippen MR) is 45.1 cm³/mol. The fraction of sp³-hybridized carbons (Fsp3) is 0.250. The van der Waals surface area contributed by atoms with E-state index in [1.807, 2.05) is 0 Å². The molecule has 0 saturated carbocycles. The average Bonchev–Trinajstić information content (AvgIpc) is 2.08. The molecule has 1 heterocycles.